The van der Waals surface area contributed by atoms with Gasteiger partial charge in [0.2, 0.25) is 21.8 Å². The van der Waals surface area contributed by atoms with Gasteiger partial charge in [-0.05, 0) is 49.7 Å². The van der Waals surface area contributed by atoms with Crippen molar-refractivity contribution >= 4 is 43.5 Å². The molecule has 1 N–H and O–H groups in total. The molecule has 0 fully saturated rings. The molecule has 2 amide bonds. The molecule has 0 radical (unpaired) electrons. The molecule has 0 aliphatic heterocycles. The largest absolute Gasteiger partial charge is 0.416 e. The lowest BCUT2D eigenvalue weighted by Gasteiger charge is -2.31. The van der Waals surface area contributed by atoms with Crippen molar-refractivity contribution in [3.8, 4) is 0 Å². The zero-order valence-electron chi connectivity index (χ0n) is 18.8. The summed E-state index contributed by atoms with van der Waals surface area (Å²) in [7, 11) is -4.13. The number of nitrogens with one attached hydrogen (secondary N) is 1. The highest BCUT2D eigenvalue weighted by Crippen LogP contribution is 2.32. The van der Waals surface area contributed by atoms with Crippen LogP contribution in [0, 0.1) is 0 Å². The number of rotatable bonds is 9. The maximum Gasteiger partial charge on any atom is 0.416 e. The third-order valence-electron chi connectivity index (χ3n) is 4.93. The van der Waals surface area contributed by atoms with Crippen LogP contribution in [0.5, 0.6) is 0 Å². The van der Waals surface area contributed by atoms with Gasteiger partial charge in [0.25, 0.3) is 0 Å². The second-order valence-corrected chi connectivity index (χ2v) is 10.4. The molecule has 1 unspecified atom stereocenters. The van der Waals surface area contributed by atoms with Gasteiger partial charge in [0, 0.05) is 17.6 Å². The number of alkyl halides is 3. The number of benzene rings is 2. The van der Waals surface area contributed by atoms with Gasteiger partial charge in [-0.15, -0.1) is 0 Å². The van der Waals surface area contributed by atoms with E-state index in [1.54, 1.807) is 31.2 Å². The van der Waals surface area contributed by atoms with Crippen LogP contribution in [0.1, 0.15) is 25.0 Å². The first-order valence-electron chi connectivity index (χ1n) is 10.2. The molecule has 0 saturated heterocycles. The van der Waals surface area contributed by atoms with Gasteiger partial charge in [0.15, 0.2) is 0 Å². The minimum Gasteiger partial charge on any atom is -0.355 e. The average molecular weight is 564 g/mol. The highest BCUT2D eigenvalue weighted by atomic mass is 79.9. The van der Waals surface area contributed by atoms with Gasteiger partial charge < -0.3 is 10.2 Å². The van der Waals surface area contributed by atoms with E-state index < -0.39 is 46.2 Å². The number of carbonyl (C=O) groups is 2. The summed E-state index contributed by atoms with van der Waals surface area (Å²) >= 11 is 3.32. The summed E-state index contributed by atoms with van der Waals surface area (Å²) in [5.41, 5.74) is -0.675. The molecule has 0 spiro atoms. The first-order chi connectivity index (χ1) is 15.7. The summed E-state index contributed by atoms with van der Waals surface area (Å²) in [6.07, 6.45) is -3.89. The van der Waals surface area contributed by atoms with Crippen molar-refractivity contribution in [1.29, 1.82) is 0 Å². The molecule has 0 aromatic heterocycles. The quantitative estimate of drug-likeness (QED) is 0.503. The van der Waals surface area contributed by atoms with Gasteiger partial charge in [-0.1, -0.05) is 34.1 Å². The predicted octanol–water partition coefficient (Wildman–Crippen LogP) is 3.79. The van der Waals surface area contributed by atoms with Gasteiger partial charge in [-0.25, -0.2) is 8.42 Å². The van der Waals surface area contributed by atoms with Crippen LogP contribution in [-0.2, 0) is 32.3 Å². The number of sulfonamides is 1. The average Bonchev–Trinajstić information content (AvgIpc) is 2.75. The highest BCUT2D eigenvalue weighted by molar-refractivity contribution is 9.10. The van der Waals surface area contributed by atoms with Crippen LogP contribution in [0.4, 0.5) is 18.9 Å². The zero-order valence-corrected chi connectivity index (χ0v) is 21.2. The van der Waals surface area contributed by atoms with Crippen LogP contribution in [0.15, 0.2) is 53.0 Å². The Morgan fingerprint density at radius 2 is 1.74 bits per heavy atom. The molecule has 186 valence electrons. The Labute approximate surface area is 205 Å². The van der Waals surface area contributed by atoms with Gasteiger partial charge in [-0.2, -0.15) is 13.2 Å². The first-order valence-corrected chi connectivity index (χ1v) is 12.8. The van der Waals surface area contributed by atoms with E-state index in [-0.39, 0.29) is 12.2 Å². The fraction of sp³-hybridized carbons (Fsp3) is 0.364. The van der Waals surface area contributed by atoms with Crippen molar-refractivity contribution in [2.45, 2.75) is 32.6 Å². The zero-order chi connectivity index (χ0) is 25.7. The first kappa shape index (κ1) is 27.6. The molecule has 0 aliphatic carbocycles. The molecule has 7 nitrogen and oxygen atoms in total. The fourth-order valence-electron chi connectivity index (χ4n) is 3.14. The van der Waals surface area contributed by atoms with Crippen molar-refractivity contribution in [1.82, 2.24) is 10.2 Å². The molecule has 2 aromatic rings. The summed E-state index contributed by atoms with van der Waals surface area (Å²) in [5, 5.41) is 2.62. The summed E-state index contributed by atoms with van der Waals surface area (Å²) in [5.74, 6) is -1.19. The molecule has 0 aliphatic rings. The van der Waals surface area contributed by atoms with Crippen LogP contribution in [0.25, 0.3) is 0 Å². The Kier molecular flexibility index (Phi) is 9.12. The Morgan fingerprint density at radius 3 is 2.26 bits per heavy atom. The lowest BCUT2D eigenvalue weighted by atomic mass is 10.1. The Morgan fingerprint density at radius 1 is 1.12 bits per heavy atom. The minimum absolute atomic E-state index is 0.00932. The number of amides is 2. The Hall–Kier alpha value is -2.60. The van der Waals surface area contributed by atoms with Crippen LogP contribution in [0.3, 0.4) is 0 Å². The molecule has 0 bridgehead atoms. The van der Waals surface area contributed by atoms with E-state index in [1.165, 1.54) is 17.9 Å². The molecule has 2 rings (SSSR count). The van der Waals surface area contributed by atoms with Crippen molar-refractivity contribution < 1.29 is 31.2 Å². The number of hydrogen-bond donors (Lipinski definition) is 1. The SMILES string of the molecule is CCNC(=O)C(C)N(Cc1ccc(Br)cc1)C(=O)CN(c1cccc(C(F)(F)F)c1)S(C)(=O)=O. The standard InChI is InChI=1S/C22H25BrF3N3O4S/c1-4-27-21(31)15(2)28(13-16-8-10-18(23)11-9-16)20(30)14-29(34(3,32)33)19-7-5-6-17(12-19)22(24,25)26/h5-12,15H,4,13-14H2,1-3H3,(H,27,31). The summed E-state index contributed by atoms with van der Waals surface area (Å²) in [6.45, 7) is 2.75. The van der Waals surface area contributed by atoms with Gasteiger partial charge in [0.05, 0.1) is 17.5 Å². The topological polar surface area (TPSA) is 86.8 Å². The predicted molar refractivity (Wildman–Crippen MR) is 126 cm³/mol. The lowest BCUT2D eigenvalue weighted by molar-refractivity contribution is -0.139. The Balaban J connectivity index is 2.42. The van der Waals surface area contributed by atoms with E-state index >= 15 is 0 Å². The van der Waals surface area contributed by atoms with E-state index in [2.05, 4.69) is 21.2 Å². The maximum atomic E-state index is 13.3. The van der Waals surface area contributed by atoms with Crippen LogP contribution in [-0.4, -0.2) is 50.5 Å². The molecule has 34 heavy (non-hydrogen) atoms. The maximum absolute atomic E-state index is 13.3. The smallest absolute Gasteiger partial charge is 0.355 e. The molecular weight excluding hydrogens is 539 g/mol. The van der Waals surface area contributed by atoms with Crippen LogP contribution < -0.4 is 9.62 Å². The number of halogens is 4. The van der Waals surface area contributed by atoms with E-state index in [0.29, 0.717) is 22.5 Å². The number of anilines is 1. The highest BCUT2D eigenvalue weighted by Gasteiger charge is 2.33. The van der Waals surface area contributed by atoms with Crippen molar-refractivity contribution in [3.63, 3.8) is 0 Å². The van der Waals surface area contributed by atoms with E-state index in [9.17, 15) is 31.2 Å². The fourth-order valence-corrected chi connectivity index (χ4v) is 4.25. The number of carbonyl (C=O) groups excluding carboxylic acids is 2. The summed E-state index contributed by atoms with van der Waals surface area (Å²) in [6, 6.07) is 9.72. The second kappa shape index (κ2) is 11.2. The minimum atomic E-state index is -4.69. The number of likely N-dealkylation sites (N-methyl/N-ethyl adjacent to an activating group) is 1. The summed E-state index contributed by atoms with van der Waals surface area (Å²) < 4.78 is 65.8. The summed E-state index contributed by atoms with van der Waals surface area (Å²) in [4.78, 5) is 27.0. The van der Waals surface area contributed by atoms with Crippen LogP contribution >= 0.6 is 15.9 Å². The molecule has 0 saturated carbocycles. The van der Waals surface area contributed by atoms with Gasteiger partial charge in [0.1, 0.15) is 12.6 Å². The van der Waals surface area contributed by atoms with Gasteiger partial charge in [-0.3, -0.25) is 13.9 Å². The lowest BCUT2D eigenvalue weighted by Crippen LogP contribution is -2.51. The van der Waals surface area contributed by atoms with Crippen molar-refractivity contribution in [3.05, 3.63) is 64.1 Å². The van der Waals surface area contributed by atoms with Crippen LogP contribution in [0.2, 0.25) is 0 Å². The monoisotopic (exact) mass is 563 g/mol. The molecular formula is C22H25BrF3N3O4S. The molecule has 2 aromatic carbocycles. The van der Waals surface area contributed by atoms with Gasteiger partial charge >= 0.3 is 6.18 Å². The normalized spacial score (nSPS) is 12.7. The number of hydrogen-bond acceptors (Lipinski definition) is 4. The second-order valence-electron chi connectivity index (χ2n) is 7.54. The third kappa shape index (κ3) is 7.45. The van der Waals surface area contributed by atoms with E-state index in [1.807, 2.05) is 0 Å². The van der Waals surface area contributed by atoms with Crippen molar-refractivity contribution in [2.75, 3.05) is 23.7 Å². The van der Waals surface area contributed by atoms with E-state index in [0.717, 1.165) is 22.9 Å². The molecule has 12 heteroatoms. The Bertz CT molecular complexity index is 1120. The third-order valence-corrected chi connectivity index (χ3v) is 6.59. The number of nitrogens with zero attached hydrogens (tertiary/aromatic N) is 2. The molecule has 1 atom stereocenters. The molecule has 0 heterocycles. The van der Waals surface area contributed by atoms with E-state index in [4.69, 9.17) is 0 Å². The van der Waals surface area contributed by atoms with Crippen molar-refractivity contribution in [2.24, 2.45) is 0 Å².